The molecular formula is C36H36N4NaO19P2S-. The number of nitrogens with one attached hydrogen (secondary N) is 3. The zero-order valence-electron chi connectivity index (χ0n) is 32.8. The number of carbonyl (C=O) groups is 1. The third kappa shape index (κ3) is 13.0. The fourth-order valence-electron chi connectivity index (χ4n) is 6.17. The van der Waals surface area contributed by atoms with Gasteiger partial charge < -0.3 is 68.5 Å². The number of phosphoric ester groups is 2. The first kappa shape index (κ1) is 49.8. The molecule has 0 amide bonds. The van der Waals surface area contributed by atoms with Crippen LogP contribution in [0.25, 0.3) is 33.4 Å². The molecule has 27 heteroatoms. The number of aromatic amines is 1. The number of anilines is 1. The SMILES string of the molecule is O=C(O)c1cc(NC(=S)NCCOCCOCCOP(=O)([O-])OP(=O)([O-])OCC2OC(n3ccc(=O)[nH]c3=O)C(O)C2O)ccc1-c1c2ccc(=O)cc-2oc2cc(O)ccc12.[Na+]. The van der Waals surface area contributed by atoms with Crippen molar-refractivity contribution in [1.82, 2.24) is 14.9 Å². The number of benzene rings is 3. The minimum absolute atomic E-state index is 0. The van der Waals surface area contributed by atoms with Crippen LogP contribution in [0.15, 0.2) is 85.7 Å². The van der Waals surface area contributed by atoms with E-state index in [1.165, 1.54) is 30.3 Å². The number of phenolic OH excluding ortho intramolecular Hbond substituents is 1. The fraction of sp³-hybridized carbons (Fsp3) is 0.306. The predicted molar refractivity (Wildman–Crippen MR) is 214 cm³/mol. The van der Waals surface area contributed by atoms with Gasteiger partial charge >= 0.3 is 41.2 Å². The summed E-state index contributed by atoms with van der Waals surface area (Å²) >= 11 is 5.33. The molecule has 2 aliphatic heterocycles. The molecule has 0 bridgehead atoms. The van der Waals surface area contributed by atoms with E-state index < -0.39 is 70.6 Å². The minimum atomic E-state index is -5.62. The number of aliphatic hydroxyl groups is 2. The molecule has 7 N–H and O–H groups in total. The number of ether oxygens (including phenoxy) is 3. The topological polar surface area (TPSA) is 343 Å². The third-order valence-corrected chi connectivity index (χ3v) is 11.7. The first-order valence-electron chi connectivity index (χ1n) is 18.1. The van der Waals surface area contributed by atoms with Crippen molar-refractivity contribution in [3.63, 3.8) is 0 Å². The molecule has 63 heavy (non-hydrogen) atoms. The molecular weight excluding hydrogens is 909 g/mol. The van der Waals surface area contributed by atoms with E-state index in [1.807, 2.05) is 4.98 Å². The van der Waals surface area contributed by atoms with E-state index in [9.17, 15) is 58.5 Å². The number of carboxylic acids is 1. The Labute approximate surface area is 382 Å². The maximum Gasteiger partial charge on any atom is 1.00 e. The van der Waals surface area contributed by atoms with E-state index in [0.717, 1.165) is 16.8 Å². The van der Waals surface area contributed by atoms with Crippen LogP contribution in [-0.2, 0) is 36.7 Å². The van der Waals surface area contributed by atoms with Crippen LogP contribution in [0.1, 0.15) is 16.6 Å². The summed E-state index contributed by atoms with van der Waals surface area (Å²) in [5, 5.41) is 47.1. The summed E-state index contributed by atoms with van der Waals surface area (Å²) in [4.78, 5) is 74.0. The van der Waals surface area contributed by atoms with Gasteiger partial charge in [-0.05, 0) is 54.2 Å². The summed E-state index contributed by atoms with van der Waals surface area (Å²) in [7, 11) is -11.1. The third-order valence-electron chi connectivity index (χ3n) is 8.89. The molecule has 1 aromatic heterocycles. The summed E-state index contributed by atoms with van der Waals surface area (Å²) in [6.45, 7) is -1.63. The van der Waals surface area contributed by atoms with E-state index in [1.54, 1.807) is 24.3 Å². The fourth-order valence-corrected chi connectivity index (χ4v) is 8.37. The van der Waals surface area contributed by atoms with Gasteiger partial charge in [-0.25, -0.2) is 13.9 Å². The Morgan fingerprint density at radius 1 is 0.889 bits per heavy atom. The summed E-state index contributed by atoms with van der Waals surface area (Å²) in [6, 6.07) is 14.1. The molecule has 1 fully saturated rings. The van der Waals surface area contributed by atoms with E-state index in [4.69, 9.17) is 30.8 Å². The second-order valence-corrected chi connectivity index (χ2v) is 16.5. The van der Waals surface area contributed by atoms with E-state index in [2.05, 4.69) is 24.0 Å². The van der Waals surface area contributed by atoms with Gasteiger partial charge in [0.1, 0.15) is 35.4 Å². The summed E-state index contributed by atoms with van der Waals surface area (Å²) in [5.41, 5.74) is -0.241. The number of hydrogen-bond donors (Lipinski definition) is 7. The van der Waals surface area contributed by atoms with E-state index in [-0.39, 0.29) is 95.7 Å². The van der Waals surface area contributed by atoms with Crippen LogP contribution < -0.4 is 66.7 Å². The zero-order chi connectivity index (χ0) is 44.8. The first-order valence-corrected chi connectivity index (χ1v) is 21.5. The Morgan fingerprint density at radius 3 is 2.32 bits per heavy atom. The van der Waals surface area contributed by atoms with Crippen molar-refractivity contribution < 1.29 is 106 Å². The molecule has 3 heterocycles. The van der Waals surface area contributed by atoms with Crippen LogP contribution in [0.3, 0.4) is 0 Å². The van der Waals surface area contributed by atoms with Gasteiger partial charge in [-0.3, -0.25) is 28.3 Å². The average Bonchev–Trinajstić information content (AvgIpc) is 3.48. The average molecular weight is 946 g/mol. The minimum Gasteiger partial charge on any atom is -0.756 e. The van der Waals surface area contributed by atoms with Crippen molar-refractivity contribution in [2.75, 3.05) is 51.5 Å². The number of fused-ring (bicyclic) bond motifs is 2. The molecule has 6 atom stereocenters. The van der Waals surface area contributed by atoms with Gasteiger partial charge in [0.15, 0.2) is 16.8 Å². The number of hydrogen-bond acceptors (Lipinski definition) is 19. The molecule has 6 rings (SSSR count). The van der Waals surface area contributed by atoms with E-state index >= 15 is 0 Å². The van der Waals surface area contributed by atoms with Crippen LogP contribution in [0.4, 0.5) is 5.69 Å². The Hall–Kier alpha value is -4.17. The number of aromatic nitrogens is 2. The van der Waals surface area contributed by atoms with Gasteiger partial charge in [0.2, 0.25) is 0 Å². The Bertz CT molecular complexity index is 2700. The van der Waals surface area contributed by atoms with Crippen molar-refractivity contribution in [1.29, 1.82) is 0 Å². The van der Waals surface area contributed by atoms with Crippen LogP contribution in [0, 0.1) is 0 Å². The number of aliphatic hydroxyl groups excluding tert-OH is 2. The molecule has 3 aromatic rings. The van der Waals surface area contributed by atoms with Crippen LogP contribution >= 0.6 is 27.9 Å². The van der Waals surface area contributed by atoms with Gasteiger partial charge in [-0.15, -0.1) is 0 Å². The van der Waals surface area contributed by atoms with Crippen LogP contribution in [-0.4, -0.2) is 106 Å². The van der Waals surface area contributed by atoms with Gasteiger partial charge in [0.05, 0.1) is 45.2 Å². The molecule has 23 nitrogen and oxygen atoms in total. The molecule has 0 saturated carbocycles. The molecule has 2 aromatic carbocycles. The van der Waals surface area contributed by atoms with Crippen molar-refractivity contribution >= 4 is 55.6 Å². The second kappa shape index (κ2) is 21.7. The smallest absolute Gasteiger partial charge is 0.756 e. The zero-order valence-corrected chi connectivity index (χ0v) is 37.4. The Morgan fingerprint density at radius 2 is 1.59 bits per heavy atom. The quantitative estimate of drug-likeness (QED) is 0.0147. The second-order valence-electron chi connectivity index (χ2n) is 13.2. The molecule has 332 valence electrons. The molecule has 0 radical (unpaired) electrons. The van der Waals surface area contributed by atoms with Crippen LogP contribution in [0.5, 0.6) is 5.75 Å². The normalized spacial score (nSPS) is 19.2. The standard InChI is InChI=1S/C36H38N4O19P2S.Na/c41-20-2-5-23-26(16-20)57-27-17-21(42)3-6-24(27)30(23)22-4-1-19(15-25(22)34(46)47)38-35(62)37-8-10-53-11-12-54-13-14-55-60(49,50)59-61(51,52)56-18-28-31(44)32(45)33(58-28)40-9-7-29(43)39-36(40)48;/h1-7,9,15-17,28,31-33,41,44-45H,8,10-14,18H2,(H,46,47)(H,49,50)(H,51,52)(H2,37,38,62)(H,39,43,48);/q;+1/p-2. The maximum atomic E-state index is 12.5. The number of aromatic hydroxyl groups is 1. The monoisotopic (exact) mass is 945 g/mol. The predicted octanol–water partition coefficient (Wildman–Crippen LogP) is -2.55. The van der Waals surface area contributed by atoms with Gasteiger partial charge in [0.25, 0.3) is 21.2 Å². The van der Waals surface area contributed by atoms with Crippen molar-refractivity contribution in [2.24, 2.45) is 0 Å². The molecule has 6 unspecified atom stereocenters. The van der Waals surface area contributed by atoms with Crippen molar-refractivity contribution in [3.8, 4) is 28.2 Å². The number of phenols is 1. The van der Waals surface area contributed by atoms with Crippen LogP contribution in [0.2, 0.25) is 0 Å². The number of rotatable bonds is 19. The number of nitrogens with zero attached hydrogens (tertiary/aromatic N) is 1. The number of H-pyrrole nitrogens is 1. The molecule has 1 saturated heterocycles. The summed E-state index contributed by atoms with van der Waals surface area (Å²) < 4.78 is 59.7. The summed E-state index contributed by atoms with van der Waals surface area (Å²) in [5.74, 6) is -1.11. The summed E-state index contributed by atoms with van der Waals surface area (Å²) in [6.07, 6.45) is -5.68. The van der Waals surface area contributed by atoms with Crippen molar-refractivity contribution in [2.45, 2.75) is 24.5 Å². The maximum absolute atomic E-state index is 12.5. The van der Waals surface area contributed by atoms with Gasteiger partial charge in [-0.2, -0.15) is 0 Å². The van der Waals surface area contributed by atoms with E-state index in [0.29, 0.717) is 27.8 Å². The van der Waals surface area contributed by atoms with Gasteiger partial charge in [-0.1, -0.05) is 6.07 Å². The first-order chi connectivity index (χ1) is 29.4. The Balaban J connectivity index is 0.00000748. The molecule has 0 spiro atoms. The number of aromatic carboxylic acids is 1. The van der Waals surface area contributed by atoms with Crippen molar-refractivity contribution in [3.05, 3.63) is 103 Å². The molecule has 1 aliphatic carbocycles. The number of phosphoric acid groups is 2. The number of thiocarbonyl (C=S) groups is 1. The van der Waals surface area contributed by atoms with Gasteiger partial charge in [0, 0.05) is 53.1 Å². The largest absolute Gasteiger partial charge is 1.00 e. The number of carboxylic acid groups (broad SMARTS) is 1. The Kier molecular flexibility index (Phi) is 17.1. The molecule has 3 aliphatic rings.